The minimum atomic E-state index is -4.64. The highest BCUT2D eigenvalue weighted by Crippen LogP contribution is 2.38. The molecule has 0 spiro atoms. The lowest BCUT2D eigenvalue weighted by Crippen LogP contribution is -2.50. The number of hydrogen-bond donors (Lipinski definition) is 3. The average molecular weight is 472 g/mol. The minimum Gasteiger partial charge on any atom is -0.364 e. The summed E-state index contributed by atoms with van der Waals surface area (Å²) in [5, 5.41) is 17.6. The molecule has 1 atom stereocenters. The maximum atomic E-state index is 13.8. The van der Waals surface area contributed by atoms with Crippen molar-refractivity contribution < 1.29 is 17.7 Å². The van der Waals surface area contributed by atoms with Crippen LogP contribution in [-0.4, -0.2) is 48.4 Å². The summed E-state index contributed by atoms with van der Waals surface area (Å²) in [5.41, 5.74) is 1.05. The van der Waals surface area contributed by atoms with Gasteiger partial charge < -0.3 is 15.2 Å². The first-order chi connectivity index (χ1) is 16.1. The highest BCUT2D eigenvalue weighted by atomic mass is 19.4. The summed E-state index contributed by atoms with van der Waals surface area (Å²) in [6, 6.07) is 3.35. The van der Waals surface area contributed by atoms with Crippen LogP contribution in [0, 0.1) is 6.92 Å². The van der Waals surface area contributed by atoms with Crippen molar-refractivity contribution >= 4 is 17.0 Å². The number of fused-ring (bicyclic) bond motifs is 1. The number of halogens is 3. The van der Waals surface area contributed by atoms with E-state index < -0.39 is 11.7 Å². The third-order valence-electron chi connectivity index (χ3n) is 6.05. The molecule has 0 bridgehead atoms. The third-order valence-corrected chi connectivity index (χ3v) is 6.05. The lowest BCUT2D eigenvalue weighted by molar-refractivity contribution is -0.137. The van der Waals surface area contributed by atoms with Gasteiger partial charge in [0.25, 0.3) is 0 Å². The number of hydrogen-bond acceptors (Lipinski definition) is 8. The smallest absolute Gasteiger partial charge is 0.364 e. The summed E-state index contributed by atoms with van der Waals surface area (Å²) < 4.78 is 46.5. The quantitative estimate of drug-likeness (QED) is 0.402. The molecule has 0 unspecified atom stereocenters. The second kappa shape index (κ2) is 8.05. The zero-order valence-corrected chi connectivity index (χ0v) is 18.8. The number of nitrogens with zero attached hydrogens (tertiary/aromatic N) is 5. The Kier molecular flexibility index (Phi) is 5.27. The molecule has 178 valence electrons. The Hall–Kier alpha value is -3.54. The van der Waals surface area contributed by atoms with Crippen LogP contribution in [0.4, 0.5) is 19.1 Å². The lowest BCUT2D eigenvalue weighted by Gasteiger charge is -2.36. The molecule has 1 saturated heterocycles. The number of aromatic nitrogens is 6. The van der Waals surface area contributed by atoms with Crippen LogP contribution >= 0.6 is 0 Å². The first-order valence-electron chi connectivity index (χ1n) is 10.8. The molecule has 12 heteroatoms. The van der Waals surface area contributed by atoms with Gasteiger partial charge in [0.15, 0.2) is 5.65 Å². The lowest BCUT2D eigenvalue weighted by atomic mass is 9.91. The van der Waals surface area contributed by atoms with E-state index in [2.05, 4.69) is 54.8 Å². The molecule has 0 amide bonds. The molecule has 4 aromatic heterocycles. The Labute approximate surface area is 192 Å². The Morgan fingerprint density at radius 1 is 1.21 bits per heavy atom. The van der Waals surface area contributed by atoms with Crippen molar-refractivity contribution in [2.24, 2.45) is 0 Å². The SMILES string of the molecule is Cc1nocc1-c1ccc2c(-c3nc(N[C@H]4CCC(C)(C)NC4)ncc3C(F)(F)F)[nH]nc2n1. The van der Waals surface area contributed by atoms with E-state index >= 15 is 0 Å². The van der Waals surface area contributed by atoms with Crippen LogP contribution in [0.5, 0.6) is 0 Å². The second-order valence-corrected chi connectivity index (χ2v) is 9.08. The molecule has 0 aromatic carbocycles. The summed E-state index contributed by atoms with van der Waals surface area (Å²) in [7, 11) is 0. The largest absolute Gasteiger partial charge is 0.420 e. The highest BCUT2D eigenvalue weighted by Gasteiger charge is 2.37. The number of rotatable bonds is 4. The fourth-order valence-corrected chi connectivity index (χ4v) is 4.05. The van der Waals surface area contributed by atoms with E-state index in [4.69, 9.17) is 4.52 Å². The Morgan fingerprint density at radius 3 is 2.71 bits per heavy atom. The Balaban J connectivity index is 1.52. The first kappa shape index (κ1) is 22.3. The molecule has 5 rings (SSSR count). The third kappa shape index (κ3) is 4.20. The molecule has 1 aliphatic rings. The number of H-pyrrole nitrogens is 1. The van der Waals surface area contributed by atoms with Gasteiger partial charge in [0.2, 0.25) is 5.95 Å². The van der Waals surface area contributed by atoms with E-state index in [9.17, 15) is 13.2 Å². The maximum absolute atomic E-state index is 13.8. The molecule has 4 aromatic rings. The molecule has 1 fully saturated rings. The van der Waals surface area contributed by atoms with Crippen LogP contribution in [0.1, 0.15) is 37.9 Å². The summed E-state index contributed by atoms with van der Waals surface area (Å²) >= 11 is 0. The predicted octanol–water partition coefficient (Wildman–Crippen LogP) is 4.34. The van der Waals surface area contributed by atoms with Gasteiger partial charge in [-0.05, 0) is 45.7 Å². The molecule has 0 radical (unpaired) electrons. The normalized spacial score (nSPS) is 18.4. The topological polar surface area (TPSA) is 117 Å². The molecule has 5 heterocycles. The standard InChI is InChI=1S/C22H23F3N8O/c1-11-14(10-34-33-11)16-5-4-13-17(31-32-19(13)29-16)18-15(22(23,24)25)9-26-20(30-18)28-12-6-7-21(2,3)27-8-12/h4-5,9-10,12,27H,6-8H2,1-3H3,(H,26,28,30)(H,29,31,32)/t12-/m0/s1. The Bertz CT molecular complexity index is 1330. The number of aromatic amines is 1. The van der Waals surface area contributed by atoms with Crippen molar-refractivity contribution in [3.63, 3.8) is 0 Å². The number of alkyl halides is 3. The van der Waals surface area contributed by atoms with Crippen LogP contribution in [-0.2, 0) is 6.18 Å². The monoisotopic (exact) mass is 472 g/mol. The van der Waals surface area contributed by atoms with Gasteiger partial charge in [-0.25, -0.2) is 15.0 Å². The van der Waals surface area contributed by atoms with E-state index in [1.165, 1.54) is 6.26 Å². The average Bonchev–Trinajstić information content (AvgIpc) is 3.40. The van der Waals surface area contributed by atoms with Crippen molar-refractivity contribution in [1.82, 2.24) is 35.6 Å². The second-order valence-electron chi connectivity index (χ2n) is 9.08. The summed E-state index contributed by atoms with van der Waals surface area (Å²) in [5.74, 6) is 0.127. The van der Waals surface area contributed by atoms with E-state index in [0.29, 0.717) is 28.9 Å². The van der Waals surface area contributed by atoms with E-state index in [-0.39, 0.29) is 34.6 Å². The van der Waals surface area contributed by atoms with E-state index in [1.54, 1.807) is 19.1 Å². The summed E-state index contributed by atoms with van der Waals surface area (Å²) in [4.78, 5) is 12.7. The van der Waals surface area contributed by atoms with Gasteiger partial charge in [-0.2, -0.15) is 18.3 Å². The van der Waals surface area contributed by atoms with Crippen LogP contribution in [0.2, 0.25) is 0 Å². The van der Waals surface area contributed by atoms with Gasteiger partial charge in [0, 0.05) is 29.7 Å². The molecule has 1 aliphatic heterocycles. The van der Waals surface area contributed by atoms with Gasteiger partial charge in [-0.1, -0.05) is 5.16 Å². The van der Waals surface area contributed by atoms with Gasteiger partial charge in [0.05, 0.1) is 22.6 Å². The molecular formula is C22H23F3N8O. The molecule has 3 N–H and O–H groups in total. The molecule has 0 saturated carbocycles. The predicted molar refractivity (Wildman–Crippen MR) is 119 cm³/mol. The van der Waals surface area contributed by atoms with Gasteiger partial charge in [-0.15, -0.1) is 0 Å². The molecular weight excluding hydrogens is 449 g/mol. The highest BCUT2D eigenvalue weighted by molar-refractivity contribution is 5.92. The van der Waals surface area contributed by atoms with Gasteiger partial charge in [0.1, 0.15) is 17.5 Å². The van der Waals surface area contributed by atoms with Crippen LogP contribution in [0.15, 0.2) is 29.1 Å². The molecule has 0 aliphatic carbocycles. The fourth-order valence-electron chi connectivity index (χ4n) is 4.05. The van der Waals surface area contributed by atoms with Crippen molar-refractivity contribution in [1.29, 1.82) is 0 Å². The maximum Gasteiger partial charge on any atom is 0.420 e. The fraction of sp³-hybridized carbons (Fsp3) is 0.409. The zero-order chi connectivity index (χ0) is 24.1. The molecule has 34 heavy (non-hydrogen) atoms. The van der Waals surface area contributed by atoms with Crippen molar-refractivity contribution in [2.45, 2.75) is 51.4 Å². The molecule has 9 nitrogen and oxygen atoms in total. The van der Waals surface area contributed by atoms with Crippen LogP contribution < -0.4 is 10.6 Å². The van der Waals surface area contributed by atoms with Crippen LogP contribution in [0.3, 0.4) is 0 Å². The number of piperidine rings is 1. The number of pyridine rings is 1. The van der Waals surface area contributed by atoms with Gasteiger partial charge >= 0.3 is 6.18 Å². The van der Waals surface area contributed by atoms with Gasteiger partial charge in [-0.3, -0.25) is 5.10 Å². The van der Waals surface area contributed by atoms with Crippen molar-refractivity contribution in [3.05, 3.63) is 35.9 Å². The number of anilines is 1. The van der Waals surface area contributed by atoms with Crippen molar-refractivity contribution in [2.75, 3.05) is 11.9 Å². The van der Waals surface area contributed by atoms with Crippen LogP contribution in [0.25, 0.3) is 33.7 Å². The zero-order valence-electron chi connectivity index (χ0n) is 18.8. The number of aryl methyl sites for hydroxylation is 1. The Morgan fingerprint density at radius 2 is 2.03 bits per heavy atom. The van der Waals surface area contributed by atoms with Crippen molar-refractivity contribution in [3.8, 4) is 22.6 Å². The first-order valence-corrected chi connectivity index (χ1v) is 10.8. The summed E-state index contributed by atoms with van der Waals surface area (Å²) in [6.45, 7) is 6.66. The number of nitrogens with one attached hydrogen (secondary N) is 3. The minimum absolute atomic E-state index is 0.00663. The van der Waals surface area contributed by atoms with E-state index in [1.807, 2.05) is 0 Å². The van der Waals surface area contributed by atoms with E-state index in [0.717, 1.165) is 19.0 Å². The summed E-state index contributed by atoms with van der Waals surface area (Å²) in [6.07, 6.45) is -0.610.